The smallest absolute Gasteiger partial charge is 0.340 e. The van der Waals surface area contributed by atoms with Crippen LogP contribution in [0.1, 0.15) is 27.0 Å². The largest absolute Gasteiger partial charge is 0.416 e. The maximum absolute atomic E-state index is 13.0. The fourth-order valence-electron chi connectivity index (χ4n) is 3.76. The Hall–Kier alpha value is -4.40. The first kappa shape index (κ1) is 21.4. The molecule has 0 unspecified atom stereocenters. The number of alkyl halides is 3. The molecule has 170 valence electrons. The van der Waals surface area contributed by atoms with Gasteiger partial charge in [-0.3, -0.25) is 4.79 Å². The topological polar surface area (TPSA) is 78.9 Å². The first-order chi connectivity index (χ1) is 16.4. The zero-order valence-electron chi connectivity index (χ0n) is 17.6. The SMILES string of the molecule is O=C(Nc1cccc(Nc2ncnc3c2Cc2ccccc2N3)c1)c1cccc(C(F)(F)F)c1. The van der Waals surface area contributed by atoms with Crippen LogP contribution in [0.15, 0.2) is 79.1 Å². The summed E-state index contributed by atoms with van der Waals surface area (Å²) < 4.78 is 38.9. The fourth-order valence-corrected chi connectivity index (χ4v) is 3.76. The van der Waals surface area contributed by atoms with Crippen molar-refractivity contribution in [1.29, 1.82) is 0 Å². The Balaban J connectivity index is 1.35. The zero-order valence-corrected chi connectivity index (χ0v) is 17.6. The van der Waals surface area contributed by atoms with Crippen molar-refractivity contribution in [2.45, 2.75) is 12.6 Å². The first-order valence-corrected chi connectivity index (χ1v) is 10.4. The van der Waals surface area contributed by atoms with E-state index in [1.807, 2.05) is 24.3 Å². The molecule has 3 aromatic carbocycles. The van der Waals surface area contributed by atoms with E-state index in [0.717, 1.165) is 28.9 Å². The molecule has 1 amide bonds. The third kappa shape index (κ3) is 4.40. The van der Waals surface area contributed by atoms with Crippen LogP contribution < -0.4 is 16.0 Å². The molecule has 4 aromatic rings. The minimum Gasteiger partial charge on any atom is -0.340 e. The van der Waals surface area contributed by atoms with Gasteiger partial charge < -0.3 is 16.0 Å². The number of nitrogens with zero attached hydrogens (tertiary/aromatic N) is 2. The van der Waals surface area contributed by atoms with Crippen molar-refractivity contribution in [3.8, 4) is 0 Å². The molecule has 0 fully saturated rings. The fraction of sp³-hybridized carbons (Fsp3) is 0.0800. The highest BCUT2D eigenvalue weighted by molar-refractivity contribution is 6.04. The van der Waals surface area contributed by atoms with Gasteiger partial charge >= 0.3 is 6.18 Å². The van der Waals surface area contributed by atoms with Gasteiger partial charge in [-0.1, -0.05) is 30.3 Å². The summed E-state index contributed by atoms with van der Waals surface area (Å²) in [6.45, 7) is 0. The van der Waals surface area contributed by atoms with E-state index in [1.165, 1.54) is 18.5 Å². The van der Waals surface area contributed by atoms with Crippen LogP contribution in [0.25, 0.3) is 0 Å². The second-order valence-electron chi connectivity index (χ2n) is 7.75. The van der Waals surface area contributed by atoms with Gasteiger partial charge in [-0.2, -0.15) is 13.2 Å². The summed E-state index contributed by atoms with van der Waals surface area (Å²) in [5.74, 6) is 0.696. The Kier molecular flexibility index (Phi) is 5.37. The molecule has 0 spiro atoms. The maximum atomic E-state index is 13.0. The molecule has 2 heterocycles. The Morgan fingerprint density at radius 1 is 0.912 bits per heavy atom. The lowest BCUT2D eigenvalue weighted by Gasteiger charge is -2.22. The van der Waals surface area contributed by atoms with Gasteiger partial charge in [0.2, 0.25) is 0 Å². The van der Waals surface area contributed by atoms with Gasteiger partial charge in [-0.25, -0.2) is 9.97 Å². The second kappa shape index (κ2) is 8.51. The molecule has 3 N–H and O–H groups in total. The Bertz CT molecular complexity index is 1390. The minimum absolute atomic E-state index is 0.0807. The van der Waals surface area contributed by atoms with Crippen molar-refractivity contribution in [3.05, 3.63) is 101 Å². The van der Waals surface area contributed by atoms with E-state index in [2.05, 4.69) is 25.9 Å². The number of hydrogen-bond donors (Lipinski definition) is 3. The van der Waals surface area contributed by atoms with E-state index < -0.39 is 17.6 Å². The molecular formula is C25H18F3N5O. The predicted molar refractivity (Wildman–Crippen MR) is 124 cm³/mol. The number of hydrogen-bond acceptors (Lipinski definition) is 5. The number of anilines is 5. The summed E-state index contributed by atoms with van der Waals surface area (Å²) in [5, 5.41) is 9.21. The van der Waals surface area contributed by atoms with E-state index in [0.29, 0.717) is 29.4 Å². The molecule has 1 aliphatic rings. The molecule has 0 radical (unpaired) electrons. The highest BCUT2D eigenvalue weighted by Gasteiger charge is 2.31. The van der Waals surface area contributed by atoms with E-state index >= 15 is 0 Å². The Morgan fingerprint density at radius 2 is 1.71 bits per heavy atom. The van der Waals surface area contributed by atoms with Crippen molar-refractivity contribution in [3.63, 3.8) is 0 Å². The molecule has 6 nitrogen and oxygen atoms in total. The number of carbonyl (C=O) groups is 1. The normalized spacial score (nSPS) is 12.2. The average molecular weight is 461 g/mol. The van der Waals surface area contributed by atoms with Crippen LogP contribution in [0.4, 0.5) is 41.9 Å². The van der Waals surface area contributed by atoms with Crippen molar-refractivity contribution >= 4 is 34.6 Å². The number of aromatic nitrogens is 2. The van der Waals surface area contributed by atoms with E-state index in [-0.39, 0.29) is 5.56 Å². The van der Waals surface area contributed by atoms with Gasteiger partial charge in [-0.05, 0) is 48.0 Å². The predicted octanol–water partition coefficient (Wildman–Crippen LogP) is 6.14. The zero-order chi connectivity index (χ0) is 23.7. The third-order valence-electron chi connectivity index (χ3n) is 5.42. The van der Waals surface area contributed by atoms with Crippen LogP contribution in [0.3, 0.4) is 0 Å². The van der Waals surface area contributed by atoms with E-state index in [1.54, 1.807) is 24.3 Å². The Morgan fingerprint density at radius 3 is 2.56 bits per heavy atom. The summed E-state index contributed by atoms with van der Waals surface area (Å²) in [5.41, 5.74) is 3.15. The molecule has 0 atom stereocenters. The summed E-state index contributed by atoms with van der Waals surface area (Å²) >= 11 is 0. The summed E-state index contributed by atoms with van der Waals surface area (Å²) in [6, 6.07) is 19.1. The first-order valence-electron chi connectivity index (χ1n) is 10.4. The molecular weight excluding hydrogens is 443 g/mol. The van der Waals surface area contributed by atoms with Crippen molar-refractivity contribution in [1.82, 2.24) is 9.97 Å². The standard InChI is InChI=1S/C25H18F3N5O/c26-25(27,28)17-7-3-6-16(11-17)24(34)32-19-9-4-8-18(13-19)31-22-20-12-15-5-1-2-10-21(15)33-23(20)30-14-29-22/h1-11,13-14H,12H2,(H,32,34)(H2,29,30,31,33). The number of carbonyl (C=O) groups excluding carboxylic acids is 1. The summed E-state index contributed by atoms with van der Waals surface area (Å²) in [6.07, 6.45) is -2.42. The number of nitrogens with one attached hydrogen (secondary N) is 3. The lowest BCUT2D eigenvalue weighted by molar-refractivity contribution is -0.137. The Labute approximate surface area is 192 Å². The quantitative estimate of drug-likeness (QED) is 0.300. The molecule has 1 aliphatic heterocycles. The number of rotatable bonds is 4. The van der Waals surface area contributed by atoms with Crippen LogP contribution in [0.5, 0.6) is 0 Å². The molecule has 0 saturated heterocycles. The lowest BCUT2D eigenvalue weighted by Crippen LogP contribution is -2.14. The number of amides is 1. The van der Waals surface area contributed by atoms with Gasteiger partial charge in [0, 0.05) is 34.6 Å². The third-order valence-corrected chi connectivity index (χ3v) is 5.42. The monoisotopic (exact) mass is 461 g/mol. The summed E-state index contributed by atoms with van der Waals surface area (Å²) in [7, 11) is 0. The van der Waals surface area contributed by atoms with E-state index in [4.69, 9.17) is 0 Å². The number of para-hydroxylation sites is 1. The molecule has 1 aromatic heterocycles. The van der Waals surface area contributed by atoms with E-state index in [9.17, 15) is 18.0 Å². The van der Waals surface area contributed by atoms with Gasteiger partial charge in [0.15, 0.2) is 0 Å². The van der Waals surface area contributed by atoms with Crippen molar-refractivity contribution < 1.29 is 18.0 Å². The number of benzene rings is 3. The molecule has 9 heteroatoms. The van der Waals surface area contributed by atoms with Gasteiger partial charge in [-0.15, -0.1) is 0 Å². The second-order valence-corrected chi connectivity index (χ2v) is 7.75. The molecule has 0 bridgehead atoms. The van der Waals surface area contributed by atoms with Crippen LogP contribution in [-0.4, -0.2) is 15.9 Å². The van der Waals surface area contributed by atoms with Gasteiger partial charge in [0.1, 0.15) is 18.0 Å². The summed E-state index contributed by atoms with van der Waals surface area (Å²) in [4.78, 5) is 21.3. The molecule has 5 rings (SSSR count). The van der Waals surface area contributed by atoms with Crippen molar-refractivity contribution in [2.24, 2.45) is 0 Å². The number of halogens is 3. The van der Waals surface area contributed by atoms with Crippen LogP contribution >= 0.6 is 0 Å². The van der Waals surface area contributed by atoms with Crippen LogP contribution in [0, 0.1) is 0 Å². The maximum Gasteiger partial charge on any atom is 0.416 e. The van der Waals surface area contributed by atoms with Gasteiger partial charge in [0.05, 0.1) is 5.56 Å². The average Bonchev–Trinajstić information content (AvgIpc) is 2.83. The van der Waals surface area contributed by atoms with Crippen LogP contribution in [-0.2, 0) is 12.6 Å². The van der Waals surface area contributed by atoms with Crippen LogP contribution in [0.2, 0.25) is 0 Å². The lowest BCUT2D eigenvalue weighted by atomic mass is 10.00. The molecule has 0 aliphatic carbocycles. The van der Waals surface area contributed by atoms with Gasteiger partial charge in [0.25, 0.3) is 5.91 Å². The highest BCUT2D eigenvalue weighted by atomic mass is 19.4. The highest BCUT2D eigenvalue weighted by Crippen LogP contribution is 2.35. The minimum atomic E-state index is -4.52. The van der Waals surface area contributed by atoms with Crippen molar-refractivity contribution in [2.75, 3.05) is 16.0 Å². The number of fused-ring (bicyclic) bond motifs is 2. The molecule has 34 heavy (non-hydrogen) atoms. The molecule has 0 saturated carbocycles.